The van der Waals surface area contributed by atoms with Crippen LogP contribution in [-0.2, 0) is 16.1 Å². The van der Waals surface area contributed by atoms with E-state index in [9.17, 15) is 14.9 Å². The van der Waals surface area contributed by atoms with Crippen LogP contribution in [0.15, 0.2) is 12.1 Å². The highest BCUT2D eigenvalue weighted by Crippen LogP contribution is 2.26. The Morgan fingerprint density at radius 3 is 3.06 bits per heavy atom. The molecule has 0 saturated carbocycles. The van der Waals surface area contributed by atoms with E-state index in [4.69, 9.17) is 9.84 Å². The van der Waals surface area contributed by atoms with Crippen molar-refractivity contribution in [3.05, 3.63) is 27.1 Å². The van der Waals surface area contributed by atoms with E-state index in [1.807, 2.05) is 0 Å². The Kier molecular flexibility index (Phi) is 3.90. The Bertz CT molecular complexity index is 461. The summed E-state index contributed by atoms with van der Waals surface area (Å²) in [6.07, 6.45) is 0. The van der Waals surface area contributed by atoms with Gasteiger partial charge in [-0.3, -0.25) is 19.8 Å². The molecule has 18 heavy (non-hydrogen) atoms. The number of rotatable bonds is 4. The second-order valence-corrected chi connectivity index (χ2v) is 5.04. The minimum absolute atomic E-state index is 0.0742. The second kappa shape index (κ2) is 5.42. The third kappa shape index (κ3) is 2.84. The highest BCUT2D eigenvalue weighted by molar-refractivity contribution is 7.15. The Morgan fingerprint density at radius 2 is 2.44 bits per heavy atom. The fourth-order valence-corrected chi connectivity index (χ4v) is 2.65. The summed E-state index contributed by atoms with van der Waals surface area (Å²) in [5.41, 5.74) is 0. The van der Waals surface area contributed by atoms with Crippen molar-refractivity contribution in [1.29, 1.82) is 0 Å². The third-order valence-electron chi connectivity index (χ3n) is 2.71. The van der Waals surface area contributed by atoms with Crippen LogP contribution in [0, 0.1) is 10.1 Å². The average Bonchev–Trinajstić information content (AvgIpc) is 2.78. The summed E-state index contributed by atoms with van der Waals surface area (Å²) in [5, 5.41) is 19.7. The van der Waals surface area contributed by atoms with Gasteiger partial charge in [0.1, 0.15) is 6.04 Å². The van der Waals surface area contributed by atoms with Crippen molar-refractivity contribution < 1.29 is 19.6 Å². The summed E-state index contributed by atoms with van der Waals surface area (Å²) >= 11 is 1.07. The number of nitrogens with zero attached hydrogens (tertiary/aromatic N) is 2. The average molecular weight is 272 g/mol. The molecular weight excluding hydrogens is 260 g/mol. The van der Waals surface area contributed by atoms with Gasteiger partial charge in [-0.05, 0) is 6.07 Å². The first-order valence-electron chi connectivity index (χ1n) is 5.35. The molecule has 1 aliphatic heterocycles. The lowest BCUT2D eigenvalue weighted by Crippen LogP contribution is -2.49. The standard InChI is InChI=1S/C10H12N2O5S/c13-10(14)8-6-17-4-3-11(8)5-7-1-2-9(18-7)12(15)16/h1-2,8H,3-6H2,(H,13,14). The zero-order valence-electron chi connectivity index (χ0n) is 9.44. The van der Waals surface area contributed by atoms with Gasteiger partial charge in [0.05, 0.1) is 18.1 Å². The van der Waals surface area contributed by atoms with E-state index >= 15 is 0 Å². The van der Waals surface area contributed by atoms with Crippen molar-refractivity contribution in [2.75, 3.05) is 19.8 Å². The van der Waals surface area contributed by atoms with Crippen LogP contribution in [-0.4, -0.2) is 46.7 Å². The molecule has 0 aromatic carbocycles. The molecule has 1 aromatic rings. The molecule has 98 valence electrons. The normalized spacial score (nSPS) is 20.8. The van der Waals surface area contributed by atoms with E-state index in [0.717, 1.165) is 16.2 Å². The largest absolute Gasteiger partial charge is 0.480 e. The maximum atomic E-state index is 11.0. The SMILES string of the molecule is O=C(O)C1COCCN1Cc1ccc([N+](=O)[O-])s1. The monoisotopic (exact) mass is 272 g/mol. The number of ether oxygens (including phenoxy) is 1. The van der Waals surface area contributed by atoms with Crippen LogP contribution in [0.2, 0.25) is 0 Å². The maximum absolute atomic E-state index is 11.0. The molecule has 1 unspecified atom stereocenters. The summed E-state index contributed by atoms with van der Waals surface area (Å²) < 4.78 is 5.13. The molecule has 1 atom stereocenters. The van der Waals surface area contributed by atoms with Gasteiger partial charge in [-0.2, -0.15) is 0 Å². The molecule has 0 bridgehead atoms. The zero-order chi connectivity index (χ0) is 13.1. The third-order valence-corrected chi connectivity index (χ3v) is 3.73. The highest BCUT2D eigenvalue weighted by Gasteiger charge is 2.29. The molecular formula is C10H12N2O5S. The number of hydrogen-bond acceptors (Lipinski definition) is 6. The number of carboxylic acid groups (broad SMARTS) is 1. The molecule has 8 heteroatoms. The summed E-state index contributed by atoms with van der Waals surface area (Å²) in [6, 6.07) is 2.42. The summed E-state index contributed by atoms with van der Waals surface area (Å²) in [6.45, 7) is 1.56. The van der Waals surface area contributed by atoms with E-state index in [1.165, 1.54) is 6.07 Å². The molecule has 1 aromatic heterocycles. The predicted molar refractivity (Wildman–Crippen MR) is 63.6 cm³/mol. The smallest absolute Gasteiger partial charge is 0.324 e. The number of hydrogen-bond donors (Lipinski definition) is 1. The topological polar surface area (TPSA) is 92.9 Å². The molecule has 2 rings (SSSR count). The second-order valence-electron chi connectivity index (χ2n) is 3.90. The van der Waals surface area contributed by atoms with Crippen molar-refractivity contribution in [2.24, 2.45) is 0 Å². The van der Waals surface area contributed by atoms with Crippen LogP contribution in [0.25, 0.3) is 0 Å². The van der Waals surface area contributed by atoms with Gasteiger partial charge in [-0.1, -0.05) is 11.3 Å². The summed E-state index contributed by atoms with van der Waals surface area (Å²) in [7, 11) is 0. The number of carboxylic acids is 1. The van der Waals surface area contributed by atoms with E-state index in [2.05, 4.69) is 0 Å². The van der Waals surface area contributed by atoms with Crippen LogP contribution >= 0.6 is 11.3 Å². The molecule has 1 fully saturated rings. The van der Waals surface area contributed by atoms with Gasteiger partial charge in [-0.25, -0.2) is 0 Å². The molecule has 0 amide bonds. The minimum atomic E-state index is -0.930. The Morgan fingerprint density at radius 1 is 1.67 bits per heavy atom. The lowest BCUT2D eigenvalue weighted by molar-refractivity contribution is -0.380. The molecule has 0 spiro atoms. The van der Waals surface area contributed by atoms with E-state index < -0.39 is 16.9 Å². The molecule has 0 aliphatic carbocycles. The Labute approximate surface area is 107 Å². The maximum Gasteiger partial charge on any atom is 0.324 e. The first kappa shape index (κ1) is 12.9. The number of carbonyl (C=O) groups is 1. The predicted octanol–water partition coefficient (Wildman–Crippen LogP) is 0.942. The lowest BCUT2D eigenvalue weighted by Gasteiger charge is -2.32. The van der Waals surface area contributed by atoms with Crippen molar-refractivity contribution in [2.45, 2.75) is 12.6 Å². The number of thiophene rings is 1. The van der Waals surface area contributed by atoms with Crippen LogP contribution < -0.4 is 0 Å². The van der Waals surface area contributed by atoms with Crippen LogP contribution in [0.4, 0.5) is 5.00 Å². The Balaban J connectivity index is 2.06. The van der Waals surface area contributed by atoms with Gasteiger partial charge in [0.15, 0.2) is 0 Å². The Hall–Kier alpha value is -1.51. The number of aliphatic carboxylic acids is 1. The van der Waals surface area contributed by atoms with E-state index in [0.29, 0.717) is 19.7 Å². The molecule has 7 nitrogen and oxygen atoms in total. The van der Waals surface area contributed by atoms with Crippen molar-refractivity contribution in [3.8, 4) is 0 Å². The lowest BCUT2D eigenvalue weighted by atomic mass is 10.2. The zero-order valence-corrected chi connectivity index (χ0v) is 10.3. The van der Waals surface area contributed by atoms with Crippen molar-refractivity contribution in [1.82, 2.24) is 4.90 Å². The molecule has 0 radical (unpaired) electrons. The van der Waals surface area contributed by atoms with Gasteiger partial charge < -0.3 is 9.84 Å². The molecule has 1 saturated heterocycles. The van der Waals surface area contributed by atoms with E-state index in [1.54, 1.807) is 11.0 Å². The summed E-state index contributed by atoms with van der Waals surface area (Å²) in [4.78, 5) is 23.7. The molecule has 2 heterocycles. The van der Waals surface area contributed by atoms with Gasteiger partial charge in [-0.15, -0.1) is 0 Å². The first-order chi connectivity index (χ1) is 8.58. The first-order valence-corrected chi connectivity index (χ1v) is 6.17. The summed E-state index contributed by atoms with van der Waals surface area (Å²) in [5.74, 6) is -0.930. The quantitative estimate of drug-likeness (QED) is 0.647. The number of nitro groups is 1. The molecule has 1 aliphatic rings. The fraction of sp³-hybridized carbons (Fsp3) is 0.500. The number of morpholine rings is 1. The van der Waals surface area contributed by atoms with Gasteiger partial charge in [0.2, 0.25) is 0 Å². The van der Waals surface area contributed by atoms with Gasteiger partial charge in [0.25, 0.3) is 0 Å². The van der Waals surface area contributed by atoms with E-state index in [-0.39, 0.29) is 11.6 Å². The van der Waals surface area contributed by atoms with Crippen molar-refractivity contribution in [3.63, 3.8) is 0 Å². The minimum Gasteiger partial charge on any atom is -0.480 e. The van der Waals surface area contributed by atoms with Crippen LogP contribution in [0.3, 0.4) is 0 Å². The van der Waals surface area contributed by atoms with Crippen molar-refractivity contribution >= 4 is 22.3 Å². The highest BCUT2D eigenvalue weighted by atomic mass is 32.1. The fourth-order valence-electron chi connectivity index (χ4n) is 1.80. The molecule has 1 N–H and O–H groups in total. The van der Waals surface area contributed by atoms with Gasteiger partial charge >= 0.3 is 11.0 Å². The van der Waals surface area contributed by atoms with Crippen LogP contribution in [0.1, 0.15) is 4.88 Å². The van der Waals surface area contributed by atoms with Gasteiger partial charge in [0, 0.05) is 24.0 Å². The van der Waals surface area contributed by atoms with Crippen LogP contribution in [0.5, 0.6) is 0 Å².